The molecule has 3 aromatic rings. The maximum atomic E-state index is 10.2. The van der Waals surface area contributed by atoms with Crippen LogP contribution in [0.25, 0.3) is 20.0 Å². The number of hydrogen-bond donors (Lipinski definition) is 1. The van der Waals surface area contributed by atoms with Crippen LogP contribution >= 0.6 is 0 Å². The number of aliphatic hydroxyl groups is 1. The summed E-state index contributed by atoms with van der Waals surface area (Å²) in [7, 11) is 0. The van der Waals surface area contributed by atoms with Crippen molar-refractivity contribution >= 4 is 14.5 Å². The second kappa shape index (κ2) is 7.24. The molecule has 1 nitrogen and oxygen atoms in total. The van der Waals surface area contributed by atoms with E-state index in [4.69, 9.17) is 0 Å². The minimum atomic E-state index is -0.939. The van der Waals surface area contributed by atoms with E-state index >= 15 is 0 Å². The Kier molecular flexibility index (Phi) is 5.07. The van der Waals surface area contributed by atoms with Gasteiger partial charge in [-0.3, -0.25) is 0 Å². The van der Waals surface area contributed by atoms with Crippen molar-refractivity contribution in [3.05, 3.63) is 72.3 Å². The first-order chi connectivity index (χ1) is 11.6. The molecule has 2 heteroatoms. The van der Waals surface area contributed by atoms with Gasteiger partial charge < -0.3 is 0 Å². The fourth-order valence-electron chi connectivity index (χ4n) is 2.32. The molecule has 0 aliphatic carbocycles. The Morgan fingerprint density at radius 2 is 1.54 bits per heavy atom. The van der Waals surface area contributed by atoms with Crippen molar-refractivity contribution in [2.24, 2.45) is 0 Å². The normalized spacial score (nSPS) is 13.0. The minimum absolute atomic E-state index is 0.213. The average Bonchev–Trinajstić information content (AvgIpc) is 3.06. The third kappa shape index (κ3) is 3.89. The fourth-order valence-corrected chi connectivity index (χ4v) is 4.68. The van der Waals surface area contributed by atoms with Gasteiger partial charge in [-0.2, -0.15) is 0 Å². The molecule has 1 N–H and O–H groups in total. The van der Waals surface area contributed by atoms with Crippen LogP contribution in [0.2, 0.25) is 0 Å². The monoisotopic (exact) mass is 380 g/mol. The second-order valence-electron chi connectivity index (χ2n) is 5.96. The molecular weight excluding hydrogens is 359 g/mol. The first kappa shape index (κ1) is 16.8. The Balaban J connectivity index is 2.11. The molecule has 1 heterocycles. The molecule has 0 aliphatic heterocycles. The van der Waals surface area contributed by atoms with E-state index < -0.39 is 5.60 Å². The molecule has 0 amide bonds. The Hall–Kier alpha value is -2.04. The van der Waals surface area contributed by atoms with Crippen molar-refractivity contribution in [2.75, 3.05) is 0 Å². The van der Waals surface area contributed by atoms with Crippen molar-refractivity contribution in [2.45, 2.75) is 25.9 Å². The first-order valence-corrected chi connectivity index (χ1v) is 9.80. The summed E-state index contributed by atoms with van der Waals surface area (Å²) in [5, 5.41) is 10.2. The third-order valence-electron chi connectivity index (χ3n) is 3.98. The zero-order valence-corrected chi connectivity index (χ0v) is 15.6. The summed E-state index contributed by atoms with van der Waals surface area (Å²) in [6.45, 7) is 3.72. The molecule has 1 unspecified atom stereocenters. The van der Waals surface area contributed by atoms with Crippen LogP contribution in [-0.4, -0.2) is 25.2 Å². The molecule has 0 radical (unpaired) electrons. The summed E-state index contributed by atoms with van der Waals surface area (Å²) >= 11 is 0.213. The van der Waals surface area contributed by atoms with Gasteiger partial charge >= 0.3 is 150 Å². The molecule has 3 rings (SSSR count). The molecule has 2 aromatic carbocycles. The van der Waals surface area contributed by atoms with E-state index in [0.717, 1.165) is 5.56 Å². The number of hydrogen-bond acceptors (Lipinski definition) is 1. The van der Waals surface area contributed by atoms with Crippen LogP contribution in [0.4, 0.5) is 0 Å². The van der Waals surface area contributed by atoms with Gasteiger partial charge in [0.1, 0.15) is 0 Å². The van der Waals surface area contributed by atoms with Gasteiger partial charge in [-0.25, -0.2) is 0 Å². The first-order valence-electron chi connectivity index (χ1n) is 8.09. The molecule has 0 fully saturated rings. The van der Waals surface area contributed by atoms with Crippen molar-refractivity contribution in [3.8, 4) is 31.8 Å². The van der Waals surface area contributed by atoms with Gasteiger partial charge in [0, 0.05) is 0 Å². The zero-order chi connectivity index (χ0) is 17.0. The molecule has 120 valence electrons. The van der Waals surface area contributed by atoms with Gasteiger partial charge in [-0.1, -0.05) is 0 Å². The molecule has 0 saturated carbocycles. The maximum absolute atomic E-state index is 10.2. The topological polar surface area (TPSA) is 20.2 Å². The summed E-state index contributed by atoms with van der Waals surface area (Å²) in [6.07, 6.45) is 0.619. The summed E-state index contributed by atoms with van der Waals surface area (Å²) in [5.41, 5.74) is 2.57. The Morgan fingerprint density at radius 3 is 2.12 bits per heavy atom. The van der Waals surface area contributed by atoms with Crippen LogP contribution in [0.1, 0.15) is 25.8 Å². The summed E-state index contributed by atoms with van der Waals surface area (Å²) in [4.78, 5) is 0. The van der Waals surface area contributed by atoms with Crippen molar-refractivity contribution in [1.29, 1.82) is 0 Å². The number of benzene rings is 2. The van der Waals surface area contributed by atoms with E-state index in [1.165, 1.54) is 20.0 Å². The third-order valence-corrected chi connectivity index (χ3v) is 6.57. The van der Waals surface area contributed by atoms with Crippen LogP contribution in [0.15, 0.2) is 66.7 Å². The van der Waals surface area contributed by atoms with Crippen molar-refractivity contribution in [1.82, 2.24) is 0 Å². The summed E-state index contributed by atoms with van der Waals surface area (Å²) in [6, 6.07) is 23.1. The van der Waals surface area contributed by atoms with Crippen LogP contribution in [0.3, 0.4) is 0 Å². The van der Waals surface area contributed by atoms with Crippen molar-refractivity contribution in [3.63, 3.8) is 0 Å². The van der Waals surface area contributed by atoms with Gasteiger partial charge in [0.05, 0.1) is 0 Å². The molecule has 0 saturated heterocycles. The second-order valence-corrected chi connectivity index (χ2v) is 8.17. The SMILES string of the molecule is CCC(C)(O)C#Cc1cc(-c2ccccc2)[se]c1-c1ccccc1. The molecular formula is C22H20OSe. The molecule has 0 bridgehead atoms. The zero-order valence-electron chi connectivity index (χ0n) is 13.9. The van der Waals surface area contributed by atoms with E-state index in [1.807, 2.05) is 19.1 Å². The number of rotatable bonds is 3. The Labute approximate surface area is 149 Å². The van der Waals surface area contributed by atoms with E-state index in [1.54, 1.807) is 6.92 Å². The molecule has 1 atom stereocenters. The standard InChI is InChI=1S/C22H20OSe/c1-3-22(2,23)15-14-19-16-20(17-10-6-4-7-11-17)24-21(19)18-12-8-5-9-13-18/h4-13,16,23H,3H2,1-2H3. The summed E-state index contributed by atoms with van der Waals surface area (Å²) < 4.78 is 2.63. The molecule has 0 spiro atoms. The van der Waals surface area contributed by atoms with Crippen molar-refractivity contribution < 1.29 is 5.11 Å². The molecule has 24 heavy (non-hydrogen) atoms. The van der Waals surface area contributed by atoms with E-state index in [2.05, 4.69) is 66.4 Å². The molecule has 0 aliphatic rings. The van der Waals surface area contributed by atoms with E-state index in [-0.39, 0.29) is 14.5 Å². The molecule has 1 aromatic heterocycles. The average molecular weight is 379 g/mol. The Morgan fingerprint density at radius 1 is 0.958 bits per heavy atom. The van der Waals surface area contributed by atoms with Gasteiger partial charge in [0.2, 0.25) is 0 Å². The van der Waals surface area contributed by atoms with Gasteiger partial charge in [0.15, 0.2) is 0 Å². The summed E-state index contributed by atoms with van der Waals surface area (Å²) in [5.74, 6) is 6.28. The predicted molar refractivity (Wildman–Crippen MR) is 102 cm³/mol. The van der Waals surface area contributed by atoms with Crippen LogP contribution in [0.5, 0.6) is 0 Å². The van der Waals surface area contributed by atoms with Crippen LogP contribution in [-0.2, 0) is 0 Å². The van der Waals surface area contributed by atoms with Gasteiger partial charge in [-0.05, 0) is 0 Å². The quantitative estimate of drug-likeness (QED) is 0.521. The Bertz CT molecular complexity index is 865. The van der Waals surface area contributed by atoms with Crippen LogP contribution in [0, 0.1) is 11.8 Å². The predicted octanol–water partition coefficient (Wildman–Crippen LogP) is 4.59. The fraction of sp³-hybridized carbons (Fsp3) is 0.182. The van der Waals surface area contributed by atoms with Gasteiger partial charge in [0.25, 0.3) is 0 Å². The van der Waals surface area contributed by atoms with Crippen LogP contribution < -0.4 is 0 Å². The van der Waals surface area contributed by atoms with E-state index in [9.17, 15) is 5.11 Å². The van der Waals surface area contributed by atoms with Gasteiger partial charge in [-0.15, -0.1) is 0 Å². The van der Waals surface area contributed by atoms with E-state index in [0.29, 0.717) is 6.42 Å².